The zero-order chi connectivity index (χ0) is 28.6. The van der Waals surface area contributed by atoms with Crippen LogP contribution in [-0.4, -0.2) is 49.3 Å². The van der Waals surface area contributed by atoms with Gasteiger partial charge in [0.15, 0.2) is 6.29 Å². The van der Waals surface area contributed by atoms with Crippen LogP contribution in [0.5, 0.6) is 0 Å². The van der Waals surface area contributed by atoms with Crippen molar-refractivity contribution in [2.75, 3.05) is 24.7 Å². The molecule has 42 heavy (non-hydrogen) atoms. The smallest absolute Gasteiger partial charge is 0.407 e. The third-order valence-electron chi connectivity index (χ3n) is 8.23. The van der Waals surface area contributed by atoms with Gasteiger partial charge in [-0.15, -0.1) is 0 Å². The fraction of sp³-hybridized carbons (Fsp3) is 0.242. The molecule has 9 heteroatoms. The summed E-state index contributed by atoms with van der Waals surface area (Å²) in [4.78, 5) is 32.2. The molecular formula is C33H28ClN3O4S. The van der Waals surface area contributed by atoms with E-state index in [0.29, 0.717) is 28.3 Å². The van der Waals surface area contributed by atoms with Gasteiger partial charge in [-0.05, 0) is 58.5 Å². The zero-order valence-corrected chi connectivity index (χ0v) is 24.2. The van der Waals surface area contributed by atoms with E-state index in [-0.39, 0.29) is 25.2 Å². The van der Waals surface area contributed by atoms with Crippen molar-refractivity contribution >= 4 is 41.4 Å². The molecule has 3 aliphatic rings. The van der Waals surface area contributed by atoms with Crippen LogP contribution >= 0.6 is 23.4 Å². The number of carbonyl (C=O) groups excluding carboxylic acids is 2. The number of carbonyl (C=O) groups is 2. The maximum Gasteiger partial charge on any atom is 0.407 e. The van der Waals surface area contributed by atoms with Gasteiger partial charge in [0.1, 0.15) is 11.6 Å². The van der Waals surface area contributed by atoms with Crippen LogP contribution in [0.2, 0.25) is 5.02 Å². The Bertz CT molecular complexity index is 1640. The first-order valence-corrected chi connectivity index (χ1v) is 15.2. The summed E-state index contributed by atoms with van der Waals surface area (Å²) in [6.07, 6.45) is 3.15. The van der Waals surface area contributed by atoms with Gasteiger partial charge in [-0.2, -0.15) is 0 Å². The third-order valence-corrected chi connectivity index (χ3v) is 9.86. The lowest BCUT2D eigenvalue weighted by molar-refractivity contribution is 0.0991. The minimum absolute atomic E-state index is 0.0224. The monoisotopic (exact) mass is 597 g/mol. The van der Waals surface area contributed by atoms with Crippen LogP contribution < -0.4 is 10.2 Å². The van der Waals surface area contributed by atoms with Crippen LogP contribution in [0.3, 0.4) is 0 Å². The molecule has 1 N–H and O–H groups in total. The lowest BCUT2D eigenvalue weighted by Gasteiger charge is -2.30. The Labute approximate surface area is 253 Å². The first-order chi connectivity index (χ1) is 20.6. The zero-order valence-electron chi connectivity index (χ0n) is 22.7. The number of aromatic nitrogens is 1. The molecule has 212 valence electrons. The largest absolute Gasteiger partial charge is 0.449 e. The van der Waals surface area contributed by atoms with Crippen LogP contribution in [-0.2, 0) is 16.0 Å². The number of alkyl carbamates (subject to hydrolysis) is 1. The molecule has 4 aromatic rings. The number of hydrogen-bond acceptors (Lipinski definition) is 7. The van der Waals surface area contributed by atoms with Gasteiger partial charge in [0.2, 0.25) is 0 Å². The van der Waals surface area contributed by atoms with E-state index in [0.717, 1.165) is 46.5 Å². The van der Waals surface area contributed by atoms with Crippen molar-refractivity contribution in [2.24, 2.45) is 0 Å². The van der Waals surface area contributed by atoms with Gasteiger partial charge in [-0.3, -0.25) is 4.79 Å². The van der Waals surface area contributed by atoms with E-state index in [1.165, 1.54) is 22.9 Å². The van der Waals surface area contributed by atoms with E-state index in [1.54, 1.807) is 18.3 Å². The lowest BCUT2D eigenvalue weighted by Crippen LogP contribution is -2.37. The average Bonchev–Trinajstić information content (AvgIpc) is 3.74. The molecule has 2 bridgehead atoms. The Morgan fingerprint density at radius 3 is 2.55 bits per heavy atom. The number of benzene rings is 3. The Morgan fingerprint density at radius 2 is 1.86 bits per heavy atom. The minimum atomic E-state index is -0.505. The molecule has 0 spiro atoms. The first-order valence-electron chi connectivity index (χ1n) is 14.0. The molecule has 2 unspecified atom stereocenters. The number of nitrogens with one attached hydrogen (secondary N) is 1. The van der Waals surface area contributed by atoms with E-state index >= 15 is 0 Å². The van der Waals surface area contributed by atoms with E-state index in [4.69, 9.17) is 21.1 Å². The summed E-state index contributed by atoms with van der Waals surface area (Å²) in [5, 5.41) is 4.03. The van der Waals surface area contributed by atoms with Gasteiger partial charge < -0.3 is 19.7 Å². The molecule has 2 saturated heterocycles. The van der Waals surface area contributed by atoms with Gasteiger partial charge in [-0.25, -0.2) is 9.78 Å². The van der Waals surface area contributed by atoms with E-state index in [9.17, 15) is 9.59 Å². The summed E-state index contributed by atoms with van der Waals surface area (Å²) in [7, 11) is 0. The molecule has 2 aliphatic heterocycles. The van der Waals surface area contributed by atoms with Crippen molar-refractivity contribution in [1.82, 2.24) is 10.3 Å². The molecule has 7 rings (SSSR count). The van der Waals surface area contributed by atoms with Crippen molar-refractivity contribution in [3.63, 3.8) is 0 Å². The molecule has 2 fully saturated rings. The van der Waals surface area contributed by atoms with Crippen molar-refractivity contribution < 1.29 is 19.1 Å². The first kappa shape index (κ1) is 27.0. The van der Waals surface area contributed by atoms with Crippen LogP contribution in [0, 0.1) is 0 Å². The van der Waals surface area contributed by atoms with Crippen molar-refractivity contribution in [1.29, 1.82) is 0 Å². The Balaban J connectivity index is 1.11. The van der Waals surface area contributed by atoms with Gasteiger partial charge in [0.05, 0.1) is 23.8 Å². The predicted octanol–water partition coefficient (Wildman–Crippen LogP) is 6.71. The Kier molecular flexibility index (Phi) is 7.36. The lowest BCUT2D eigenvalue weighted by atomic mass is 9.98. The molecule has 1 aromatic heterocycles. The fourth-order valence-corrected chi connectivity index (χ4v) is 7.56. The molecule has 3 heterocycles. The topological polar surface area (TPSA) is 80.8 Å². The fourth-order valence-electron chi connectivity index (χ4n) is 6.25. The number of anilines is 1. The number of amides is 1. The van der Waals surface area contributed by atoms with E-state index < -0.39 is 6.09 Å². The Hall–Kier alpha value is -3.85. The van der Waals surface area contributed by atoms with Crippen LogP contribution in [0.4, 0.5) is 10.5 Å². The number of hydrogen-bond donors (Lipinski definition) is 1. The number of aldehydes is 1. The molecule has 1 aliphatic carbocycles. The highest BCUT2D eigenvalue weighted by molar-refractivity contribution is 7.99. The van der Waals surface area contributed by atoms with Gasteiger partial charge in [0.25, 0.3) is 0 Å². The molecule has 7 nitrogen and oxygen atoms in total. The normalized spacial score (nSPS) is 18.5. The van der Waals surface area contributed by atoms with Gasteiger partial charge in [-0.1, -0.05) is 71.9 Å². The quantitative estimate of drug-likeness (QED) is 0.226. The number of rotatable bonds is 8. The standard InChI is InChI=1S/C33H28ClN3O4S/c34-30-14-22(37-16-24-13-23(37)18-40-24)12-21(31(30)42-32-20(17-38)6-5-11-35-32)15-36-33(39)41-19-29-27-9-3-1-7-25(27)26-8-2-4-10-28(26)29/h1-12,14,17,23-24,29H,13,15-16,18-19H2,(H,36,39). The maximum absolute atomic E-state index is 13.0. The number of nitrogens with zero attached hydrogens (tertiary/aromatic N) is 2. The number of halogens is 1. The van der Waals surface area contributed by atoms with Crippen molar-refractivity contribution in [3.05, 3.63) is 106 Å². The molecule has 2 atom stereocenters. The highest BCUT2D eigenvalue weighted by Gasteiger charge is 2.39. The molecular weight excluding hydrogens is 570 g/mol. The van der Waals surface area contributed by atoms with E-state index in [1.807, 2.05) is 30.3 Å². The second-order valence-electron chi connectivity index (χ2n) is 10.7. The SMILES string of the molecule is O=Cc1cccnc1Sc1c(Cl)cc(N2CC3CC2CO3)cc1CNC(=O)OCC1c2ccccc2-c2ccccc21. The highest BCUT2D eigenvalue weighted by Crippen LogP contribution is 2.45. The third kappa shape index (κ3) is 5.04. The van der Waals surface area contributed by atoms with Gasteiger partial charge in [0, 0.05) is 41.4 Å². The summed E-state index contributed by atoms with van der Waals surface area (Å²) < 4.78 is 11.6. The second-order valence-corrected chi connectivity index (χ2v) is 12.1. The number of pyridine rings is 1. The highest BCUT2D eigenvalue weighted by atomic mass is 35.5. The summed E-state index contributed by atoms with van der Waals surface area (Å²) in [5.74, 6) is -0.0224. The van der Waals surface area contributed by atoms with Gasteiger partial charge >= 0.3 is 6.09 Å². The Morgan fingerprint density at radius 1 is 1.10 bits per heavy atom. The van der Waals surface area contributed by atoms with Crippen LogP contribution in [0.1, 0.15) is 39.4 Å². The molecule has 3 aromatic carbocycles. The number of ether oxygens (including phenoxy) is 2. The van der Waals surface area contributed by atoms with Crippen molar-refractivity contribution in [2.45, 2.75) is 41.0 Å². The second kappa shape index (κ2) is 11.4. The average molecular weight is 598 g/mol. The molecule has 1 amide bonds. The number of fused-ring (bicyclic) bond motifs is 5. The number of morpholine rings is 1. The summed E-state index contributed by atoms with van der Waals surface area (Å²) in [6.45, 7) is 1.94. The minimum Gasteiger partial charge on any atom is -0.449 e. The van der Waals surface area contributed by atoms with Crippen molar-refractivity contribution in [3.8, 4) is 11.1 Å². The van der Waals surface area contributed by atoms with Crippen LogP contribution in [0.15, 0.2) is 88.9 Å². The summed E-state index contributed by atoms with van der Waals surface area (Å²) in [6, 6.07) is 24.3. The summed E-state index contributed by atoms with van der Waals surface area (Å²) >= 11 is 8.20. The maximum atomic E-state index is 13.0. The predicted molar refractivity (Wildman–Crippen MR) is 163 cm³/mol. The van der Waals surface area contributed by atoms with Crippen LogP contribution in [0.25, 0.3) is 11.1 Å². The summed E-state index contributed by atoms with van der Waals surface area (Å²) in [5.41, 5.74) is 6.97. The van der Waals surface area contributed by atoms with E-state index in [2.05, 4.69) is 45.5 Å². The molecule has 0 radical (unpaired) electrons. The molecule has 0 saturated carbocycles.